The molecule has 4 heterocycles. The largest absolute Gasteiger partial charge is 0.468 e. The van der Waals surface area contributed by atoms with Crippen molar-refractivity contribution in [1.29, 1.82) is 0 Å². The van der Waals surface area contributed by atoms with E-state index in [4.69, 9.17) is 9.47 Å². The van der Waals surface area contributed by atoms with Gasteiger partial charge in [-0.15, -0.1) is 11.3 Å². The van der Waals surface area contributed by atoms with Crippen LogP contribution in [0, 0.1) is 0 Å². The molecule has 4 aromatic heterocycles. The molecule has 0 aliphatic carbocycles. The van der Waals surface area contributed by atoms with Gasteiger partial charge in [0.05, 0.1) is 43.4 Å². The predicted molar refractivity (Wildman–Crippen MR) is 125 cm³/mol. The lowest BCUT2D eigenvalue weighted by molar-refractivity contribution is -0.154. The molecule has 1 aromatic carbocycles. The molecule has 0 unspecified atom stereocenters. The Morgan fingerprint density at radius 2 is 1.76 bits per heavy atom. The number of methoxy groups -OCH3 is 2. The second kappa shape index (κ2) is 8.06. The van der Waals surface area contributed by atoms with Crippen molar-refractivity contribution in [2.24, 2.45) is 14.1 Å². The second-order valence-electron chi connectivity index (χ2n) is 7.73. The number of hydrogen-bond acceptors (Lipinski definition) is 9. The summed E-state index contributed by atoms with van der Waals surface area (Å²) in [7, 11) is 5.97. The zero-order valence-corrected chi connectivity index (χ0v) is 19.6. The van der Waals surface area contributed by atoms with Crippen LogP contribution in [-0.4, -0.2) is 55.3 Å². The molecule has 0 radical (unpaired) electrons. The van der Waals surface area contributed by atoms with Crippen LogP contribution in [0.1, 0.15) is 16.5 Å². The van der Waals surface area contributed by atoms with E-state index in [2.05, 4.69) is 15.2 Å². The molecule has 0 amide bonds. The Labute approximate surface area is 196 Å². The summed E-state index contributed by atoms with van der Waals surface area (Å²) in [5.74, 6) is -2.82. The van der Waals surface area contributed by atoms with E-state index in [1.165, 1.54) is 18.9 Å². The van der Waals surface area contributed by atoms with Crippen LogP contribution >= 0.6 is 11.3 Å². The molecular weight excluding hydrogens is 460 g/mol. The molecule has 5 aromatic rings. The van der Waals surface area contributed by atoms with Crippen molar-refractivity contribution in [2.45, 2.75) is 12.5 Å². The lowest BCUT2D eigenvalue weighted by Crippen LogP contribution is -2.25. The van der Waals surface area contributed by atoms with Crippen LogP contribution in [-0.2, 0) is 39.7 Å². The van der Waals surface area contributed by atoms with E-state index in [0.717, 1.165) is 27.8 Å². The summed E-state index contributed by atoms with van der Waals surface area (Å²) in [5.41, 5.74) is 2.52. The molecule has 0 bridgehead atoms. The van der Waals surface area contributed by atoms with Gasteiger partial charge < -0.3 is 14.0 Å². The van der Waals surface area contributed by atoms with Gasteiger partial charge in [0.1, 0.15) is 10.5 Å². The molecule has 0 atom stereocenters. The molecule has 5 rings (SSSR count). The van der Waals surface area contributed by atoms with E-state index in [-0.39, 0.29) is 17.1 Å². The van der Waals surface area contributed by atoms with Crippen molar-refractivity contribution in [2.75, 3.05) is 14.2 Å². The van der Waals surface area contributed by atoms with Crippen LogP contribution < -0.4 is 5.56 Å². The Balaban J connectivity index is 1.62. The minimum Gasteiger partial charge on any atom is -0.468 e. The molecule has 0 saturated carbocycles. The third kappa shape index (κ3) is 3.17. The van der Waals surface area contributed by atoms with E-state index < -0.39 is 17.9 Å². The first kappa shape index (κ1) is 21.8. The lowest BCUT2D eigenvalue weighted by atomic mass is 10.1. The summed E-state index contributed by atoms with van der Waals surface area (Å²) in [6.07, 6.45) is 3.38. The van der Waals surface area contributed by atoms with Gasteiger partial charge in [0.25, 0.3) is 5.56 Å². The topological polar surface area (TPSA) is 123 Å². The summed E-state index contributed by atoms with van der Waals surface area (Å²) >= 11 is 1.13. The van der Waals surface area contributed by atoms with Crippen molar-refractivity contribution < 1.29 is 19.1 Å². The SMILES string of the molecule is COC(=O)C(C(=O)OC)c1nc2c(s1)c1cnn(Cc3cccc4c3cnn4C)c(=O)c1n2C. The average molecular weight is 481 g/mol. The first-order valence-corrected chi connectivity index (χ1v) is 11.1. The van der Waals surface area contributed by atoms with E-state index in [9.17, 15) is 14.4 Å². The Kier molecular flexibility index (Phi) is 5.16. The smallest absolute Gasteiger partial charge is 0.327 e. The zero-order chi connectivity index (χ0) is 24.1. The monoisotopic (exact) mass is 480 g/mol. The molecule has 12 heteroatoms. The van der Waals surface area contributed by atoms with Crippen molar-refractivity contribution >= 4 is 55.4 Å². The fraction of sp³-hybridized carbons (Fsp3) is 0.273. The lowest BCUT2D eigenvalue weighted by Gasteiger charge is -2.09. The Hall–Kier alpha value is -4.06. The standard InChI is InChI=1S/C22H20N6O5S/c1-26-16-13(17-18(26)25-19(34-17)15(21(30)32-3)22(31)33-4)9-24-28(20(16)29)10-11-6-5-7-14-12(11)8-23-27(14)2/h5-9,15H,10H2,1-4H3. The van der Waals surface area contributed by atoms with Gasteiger partial charge in [0.15, 0.2) is 5.65 Å². The Bertz CT molecular complexity index is 1640. The maximum Gasteiger partial charge on any atom is 0.327 e. The number of nitrogens with zero attached hydrogens (tertiary/aromatic N) is 6. The normalized spacial score (nSPS) is 11.7. The van der Waals surface area contributed by atoms with Gasteiger partial charge in [0.2, 0.25) is 5.92 Å². The number of fused-ring (bicyclic) bond motifs is 4. The predicted octanol–water partition coefficient (Wildman–Crippen LogP) is 1.71. The van der Waals surface area contributed by atoms with Crippen molar-refractivity contribution in [3.63, 3.8) is 0 Å². The third-order valence-corrected chi connectivity index (χ3v) is 7.01. The van der Waals surface area contributed by atoms with Crippen LogP contribution in [0.4, 0.5) is 0 Å². The molecular formula is C22H20N6O5S. The highest BCUT2D eigenvalue weighted by molar-refractivity contribution is 7.19. The third-order valence-electron chi connectivity index (χ3n) is 5.86. The van der Waals surface area contributed by atoms with Crippen molar-refractivity contribution in [1.82, 2.24) is 29.1 Å². The number of carbonyl (C=O) groups is 2. The fourth-order valence-corrected chi connectivity index (χ4v) is 5.30. The number of aryl methyl sites for hydroxylation is 2. The number of carbonyl (C=O) groups excluding carboxylic acids is 2. The summed E-state index contributed by atoms with van der Waals surface area (Å²) in [6, 6.07) is 5.83. The first-order chi connectivity index (χ1) is 16.3. The van der Waals surface area contributed by atoms with E-state index in [0.29, 0.717) is 21.3 Å². The number of benzene rings is 1. The van der Waals surface area contributed by atoms with E-state index in [1.807, 2.05) is 25.2 Å². The molecule has 0 saturated heterocycles. The number of esters is 2. The van der Waals surface area contributed by atoms with Gasteiger partial charge in [-0.2, -0.15) is 10.2 Å². The van der Waals surface area contributed by atoms with E-state index >= 15 is 0 Å². The average Bonchev–Trinajstić information content (AvgIpc) is 3.50. The first-order valence-electron chi connectivity index (χ1n) is 10.3. The number of rotatable bonds is 5. The number of ether oxygens (including phenoxy) is 2. The molecule has 0 fully saturated rings. The van der Waals surface area contributed by atoms with Crippen LogP contribution in [0.25, 0.3) is 32.2 Å². The Morgan fingerprint density at radius 3 is 2.47 bits per heavy atom. The van der Waals surface area contributed by atoms with Gasteiger partial charge in [-0.05, 0) is 11.6 Å². The maximum absolute atomic E-state index is 13.4. The number of thiazole rings is 1. The number of aromatic nitrogens is 6. The highest BCUT2D eigenvalue weighted by Gasteiger charge is 2.35. The molecule has 34 heavy (non-hydrogen) atoms. The quantitative estimate of drug-likeness (QED) is 0.275. The van der Waals surface area contributed by atoms with Crippen LogP contribution in [0.15, 0.2) is 35.4 Å². The molecule has 0 aliphatic rings. The molecule has 0 aliphatic heterocycles. The highest BCUT2D eigenvalue weighted by atomic mass is 32.1. The van der Waals surface area contributed by atoms with Crippen molar-refractivity contribution in [3.05, 3.63) is 51.5 Å². The van der Waals surface area contributed by atoms with Crippen molar-refractivity contribution in [3.8, 4) is 0 Å². The summed E-state index contributed by atoms with van der Waals surface area (Å²) in [6.45, 7) is 0.280. The van der Waals surface area contributed by atoms with Gasteiger partial charge in [-0.25, -0.2) is 9.67 Å². The van der Waals surface area contributed by atoms with E-state index in [1.54, 1.807) is 28.7 Å². The van der Waals surface area contributed by atoms with Crippen LogP contribution in [0.3, 0.4) is 0 Å². The van der Waals surface area contributed by atoms with Gasteiger partial charge in [0, 0.05) is 24.9 Å². The maximum atomic E-state index is 13.4. The molecule has 0 spiro atoms. The molecule has 11 nitrogen and oxygen atoms in total. The van der Waals surface area contributed by atoms with Crippen LogP contribution in [0.5, 0.6) is 0 Å². The highest BCUT2D eigenvalue weighted by Crippen LogP contribution is 2.34. The molecule has 0 N–H and O–H groups in total. The van der Waals surface area contributed by atoms with Gasteiger partial charge >= 0.3 is 11.9 Å². The summed E-state index contributed by atoms with van der Waals surface area (Å²) in [5, 5.41) is 10.5. The van der Waals surface area contributed by atoms with Gasteiger partial charge in [-0.3, -0.25) is 19.1 Å². The van der Waals surface area contributed by atoms with Gasteiger partial charge in [-0.1, -0.05) is 12.1 Å². The number of hydrogen-bond donors (Lipinski definition) is 0. The zero-order valence-electron chi connectivity index (χ0n) is 18.8. The summed E-state index contributed by atoms with van der Waals surface area (Å²) in [4.78, 5) is 42.2. The fourth-order valence-electron chi connectivity index (χ4n) is 4.11. The Morgan fingerprint density at radius 1 is 1.06 bits per heavy atom. The molecule has 174 valence electrons. The second-order valence-corrected chi connectivity index (χ2v) is 8.76. The van der Waals surface area contributed by atoms with Crippen LogP contribution in [0.2, 0.25) is 0 Å². The minimum atomic E-state index is -1.30. The summed E-state index contributed by atoms with van der Waals surface area (Å²) < 4.78 is 15.0. The minimum absolute atomic E-state index is 0.230.